The molecule has 4 rings (SSSR count). The van der Waals surface area contributed by atoms with E-state index in [-0.39, 0.29) is 5.91 Å². The molecule has 4 heterocycles. The number of carbonyl (C=O) groups is 1. The van der Waals surface area contributed by atoms with Gasteiger partial charge in [-0.1, -0.05) is 0 Å². The van der Waals surface area contributed by atoms with Gasteiger partial charge in [0.25, 0.3) is 5.91 Å². The van der Waals surface area contributed by atoms with Crippen LogP contribution in [0.5, 0.6) is 0 Å². The molecular formula is C16H16N8O. The van der Waals surface area contributed by atoms with Gasteiger partial charge in [0.1, 0.15) is 29.3 Å². The third kappa shape index (κ3) is 2.65. The van der Waals surface area contributed by atoms with E-state index in [9.17, 15) is 4.79 Å². The van der Waals surface area contributed by atoms with Crippen molar-refractivity contribution in [2.45, 2.75) is 6.92 Å². The Kier molecular flexibility index (Phi) is 3.53. The van der Waals surface area contributed by atoms with Crippen molar-refractivity contribution in [3.63, 3.8) is 0 Å². The molecule has 0 aromatic carbocycles. The second kappa shape index (κ2) is 5.86. The Morgan fingerprint density at radius 3 is 2.96 bits per heavy atom. The molecule has 0 bridgehead atoms. The summed E-state index contributed by atoms with van der Waals surface area (Å²) in [6.07, 6.45) is 4.87. The van der Waals surface area contributed by atoms with Crippen molar-refractivity contribution in [2.75, 3.05) is 18.9 Å². The third-order valence-corrected chi connectivity index (χ3v) is 4.05. The maximum Gasteiger partial charge on any atom is 0.270 e. The Morgan fingerprint density at radius 2 is 2.12 bits per heavy atom. The third-order valence-electron chi connectivity index (χ3n) is 4.05. The summed E-state index contributed by atoms with van der Waals surface area (Å²) < 4.78 is 0. The number of amides is 1. The highest BCUT2D eigenvalue weighted by Crippen LogP contribution is 2.24. The van der Waals surface area contributed by atoms with Crippen LogP contribution in [0.2, 0.25) is 0 Å². The first kappa shape index (κ1) is 15.1. The fraction of sp³-hybridized carbons (Fsp3) is 0.188. The van der Waals surface area contributed by atoms with Crippen LogP contribution in [0.4, 0.5) is 11.6 Å². The predicted octanol–water partition coefficient (Wildman–Crippen LogP) is 2.06. The first-order chi connectivity index (χ1) is 12.2. The number of rotatable bonds is 4. The monoisotopic (exact) mass is 336 g/mol. The molecule has 1 amide bonds. The predicted molar refractivity (Wildman–Crippen MR) is 93.7 cm³/mol. The summed E-state index contributed by atoms with van der Waals surface area (Å²) in [6.45, 7) is 2.55. The second-order valence-corrected chi connectivity index (χ2v) is 5.64. The molecule has 0 unspecified atom stereocenters. The molecule has 9 nitrogen and oxygen atoms in total. The number of nitrogens with zero attached hydrogens (tertiary/aromatic N) is 5. The van der Waals surface area contributed by atoms with E-state index in [1.165, 1.54) is 6.33 Å². The van der Waals surface area contributed by atoms with Crippen molar-refractivity contribution in [1.29, 1.82) is 0 Å². The van der Waals surface area contributed by atoms with Gasteiger partial charge in [-0.3, -0.25) is 9.89 Å². The molecule has 0 spiro atoms. The lowest BCUT2D eigenvalue weighted by Gasteiger charge is -2.12. The van der Waals surface area contributed by atoms with Crippen LogP contribution in [0.1, 0.15) is 17.4 Å². The summed E-state index contributed by atoms with van der Waals surface area (Å²) in [4.78, 5) is 29.8. The first-order valence-electron chi connectivity index (χ1n) is 7.81. The Morgan fingerprint density at radius 1 is 1.24 bits per heavy atom. The van der Waals surface area contributed by atoms with Crippen LogP contribution in [-0.4, -0.2) is 54.5 Å². The van der Waals surface area contributed by atoms with Crippen molar-refractivity contribution in [3.05, 3.63) is 36.5 Å². The smallest absolute Gasteiger partial charge is 0.270 e. The molecule has 9 heteroatoms. The lowest BCUT2D eigenvalue weighted by atomic mass is 10.3. The molecule has 0 radical (unpaired) electrons. The van der Waals surface area contributed by atoms with E-state index < -0.39 is 0 Å². The zero-order valence-corrected chi connectivity index (χ0v) is 13.7. The van der Waals surface area contributed by atoms with Crippen LogP contribution in [0, 0.1) is 0 Å². The zero-order chi connectivity index (χ0) is 17.4. The van der Waals surface area contributed by atoms with E-state index in [0.29, 0.717) is 29.5 Å². The average molecular weight is 336 g/mol. The number of nitrogens with one attached hydrogen (secondary N) is 3. The molecule has 4 aromatic heterocycles. The minimum atomic E-state index is -0.0932. The van der Waals surface area contributed by atoms with Gasteiger partial charge in [0.15, 0.2) is 0 Å². The van der Waals surface area contributed by atoms with E-state index >= 15 is 0 Å². The highest BCUT2D eigenvalue weighted by atomic mass is 16.2. The zero-order valence-electron chi connectivity index (χ0n) is 13.7. The van der Waals surface area contributed by atoms with Gasteiger partial charge in [0, 0.05) is 19.0 Å². The van der Waals surface area contributed by atoms with Crippen molar-refractivity contribution in [3.8, 4) is 0 Å². The molecule has 4 aromatic rings. The van der Waals surface area contributed by atoms with Gasteiger partial charge in [-0.05, 0) is 19.1 Å². The molecule has 0 aliphatic carbocycles. The quantitative estimate of drug-likeness (QED) is 0.525. The Labute approximate surface area is 142 Å². The number of aromatic amines is 2. The van der Waals surface area contributed by atoms with Crippen LogP contribution < -0.4 is 5.32 Å². The van der Waals surface area contributed by atoms with E-state index in [4.69, 9.17) is 0 Å². The molecule has 0 saturated carbocycles. The van der Waals surface area contributed by atoms with Gasteiger partial charge < -0.3 is 15.2 Å². The topological polar surface area (TPSA) is 115 Å². The molecule has 3 N–H and O–H groups in total. The first-order valence-corrected chi connectivity index (χ1v) is 7.81. The van der Waals surface area contributed by atoms with Crippen LogP contribution >= 0.6 is 0 Å². The van der Waals surface area contributed by atoms with Gasteiger partial charge in [-0.15, -0.1) is 0 Å². The van der Waals surface area contributed by atoms with Crippen molar-refractivity contribution >= 4 is 39.5 Å². The van der Waals surface area contributed by atoms with Gasteiger partial charge in [0.05, 0.1) is 23.3 Å². The van der Waals surface area contributed by atoms with E-state index in [0.717, 1.165) is 16.3 Å². The van der Waals surface area contributed by atoms with Crippen molar-refractivity contribution in [1.82, 2.24) is 35.0 Å². The van der Waals surface area contributed by atoms with Crippen LogP contribution in [0.3, 0.4) is 0 Å². The normalized spacial score (nSPS) is 11.1. The summed E-state index contributed by atoms with van der Waals surface area (Å²) in [5, 5.41) is 11.7. The molecule has 0 aliphatic rings. The van der Waals surface area contributed by atoms with Crippen LogP contribution in [-0.2, 0) is 0 Å². The lowest BCUT2D eigenvalue weighted by molar-refractivity contribution is 0.0797. The van der Waals surface area contributed by atoms with Gasteiger partial charge in [-0.2, -0.15) is 5.10 Å². The summed E-state index contributed by atoms with van der Waals surface area (Å²) in [5.74, 6) is 1.12. The minimum Gasteiger partial charge on any atom is -0.341 e. The molecule has 25 heavy (non-hydrogen) atoms. The number of pyridine rings is 1. The highest BCUT2D eigenvalue weighted by Gasteiger charge is 2.16. The van der Waals surface area contributed by atoms with E-state index in [2.05, 4.69) is 35.5 Å². The number of hydrogen-bond donors (Lipinski definition) is 3. The van der Waals surface area contributed by atoms with Crippen LogP contribution in [0.15, 0.2) is 30.9 Å². The number of aromatic nitrogens is 6. The maximum absolute atomic E-state index is 12.3. The van der Waals surface area contributed by atoms with Crippen LogP contribution in [0.25, 0.3) is 21.9 Å². The van der Waals surface area contributed by atoms with E-state index in [1.807, 2.05) is 13.0 Å². The summed E-state index contributed by atoms with van der Waals surface area (Å²) in [6, 6.07) is 3.62. The second-order valence-electron chi connectivity index (χ2n) is 5.64. The Hall–Kier alpha value is -3.49. The SMILES string of the molecule is CCN(C)C(=O)c1cc2c(Nc3cc4cn[nH]c4cn3)ncnc2[nH]1. The average Bonchev–Trinajstić information content (AvgIpc) is 3.27. The summed E-state index contributed by atoms with van der Waals surface area (Å²) >= 11 is 0. The summed E-state index contributed by atoms with van der Waals surface area (Å²) in [7, 11) is 1.75. The lowest BCUT2D eigenvalue weighted by Crippen LogP contribution is -2.26. The maximum atomic E-state index is 12.3. The standard InChI is InChI=1S/C16H16N8O/c1-3-24(2)16(25)11-5-10-14(21-11)18-8-19-15(10)22-13-4-9-6-20-23-12(9)7-17-13/h4-8H,3H2,1-2H3,(H,20,23)(H2,17,18,19,21,22). The molecule has 126 valence electrons. The molecule has 0 atom stereocenters. The van der Waals surface area contributed by atoms with Crippen molar-refractivity contribution < 1.29 is 4.79 Å². The van der Waals surface area contributed by atoms with Gasteiger partial charge in [0.2, 0.25) is 0 Å². The Balaban J connectivity index is 1.71. The number of anilines is 2. The fourth-order valence-electron chi connectivity index (χ4n) is 2.54. The van der Waals surface area contributed by atoms with Gasteiger partial charge in [-0.25, -0.2) is 15.0 Å². The molecule has 0 aliphatic heterocycles. The summed E-state index contributed by atoms with van der Waals surface area (Å²) in [5.41, 5.74) is 1.92. The van der Waals surface area contributed by atoms with Gasteiger partial charge >= 0.3 is 0 Å². The van der Waals surface area contributed by atoms with Crippen molar-refractivity contribution in [2.24, 2.45) is 0 Å². The highest BCUT2D eigenvalue weighted by molar-refractivity contribution is 6.00. The van der Waals surface area contributed by atoms with E-state index in [1.54, 1.807) is 30.4 Å². The minimum absolute atomic E-state index is 0.0932. The Bertz CT molecular complexity index is 1070. The fourth-order valence-corrected chi connectivity index (χ4v) is 2.54. The molecule has 0 saturated heterocycles. The molecular weight excluding hydrogens is 320 g/mol. The number of carbonyl (C=O) groups excluding carboxylic acids is 1. The number of fused-ring (bicyclic) bond motifs is 2. The number of H-pyrrole nitrogens is 2. The largest absolute Gasteiger partial charge is 0.341 e. The number of hydrogen-bond acceptors (Lipinski definition) is 6. The molecule has 0 fully saturated rings.